The average molecular weight is 276 g/mol. The summed E-state index contributed by atoms with van der Waals surface area (Å²) in [4.78, 5) is 13.4. The lowest BCUT2D eigenvalue weighted by Crippen LogP contribution is -2.36. The molecule has 0 radical (unpaired) electrons. The van der Waals surface area contributed by atoms with Gasteiger partial charge in [0.05, 0.1) is 18.2 Å². The molecule has 1 fully saturated rings. The standard InChI is InChI=1S/C15H14ClNO2/c16-15-11(10-18)9-14(17-5-7-19-8-6-17)12-3-1-2-4-13(12)15/h1-4,9-10H,5-8H2. The van der Waals surface area contributed by atoms with Gasteiger partial charge in [0, 0.05) is 35.1 Å². The molecule has 1 aliphatic heterocycles. The van der Waals surface area contributed by atoms with Crippen LogP contribution in [0.5, 0.6) is 0 Å². The zero-order valence-corrected chi connectivity index (χ0v) is 11.2. The normalized spacial score (nSPS) is 15.7. The van der Waals surface area contributed by atoms with Crippen LogP contribution in [0.4, 0.5) is 5.69 Å². The molecule has 0 saturated carbocycles. The number of hydrogen-bond donors (Lipinski definition) is 0. The van der Waals surface area contributed by atoms with Crippen LogP contribution in [0.25, 0.3) is 10.8 Å². The quantitative estimate of drug-likeness (QED) is 0.789. The van der Waals surface area contributed by atoms with E-state index in [9.17, 15) is 4.79 Å². The fraction of sp³-hybridized carbons (Fsp3) is 0.267. The van der Waals surface area contributed by atoms with Crippen LogP contribution in [0.15, 0.2) is 30.3 Å². The van der Waals surface area contributed by atoms with Crippen molar-refractivity contribution >= 4 is 34.3 Å². The Balaban J connectivity index is 2.22. The molecule has 3 nitrogen and oxygen atoms in total. The predicted molar refractivity (Wildman–Crippen MR) is 77.4 cm³/mol. The second-order valence-electron chi connectivity index (χ2n) is 4.56. The zero-order valence-electron chi connectivity index (χ0n) is 10.4. The van der Waals surface area contributed by atoms with Crippen molar-refractivity contribution in [2.75, 3.05) is 31.2 Å². The van der Waals surface area contributed by atoms with E-state index in [0.717, 1.165) is 35.8 Å². The van der Waals surface area contributed by atoms with E-state index >= 15 is 0 Å². The fourth-order valence-corrected chi connectivity index (χ4v) is 2.76. The van der Waals surface area contributed by atoms with Gasteiger partial charge >= 0.3 is 0 Å². The molecule has 0 bridgehead atoms. The van der Waals surface area contributed by atoms with Crippen LogP contribution in [0.3, 0.4) is 0 Å². The molecule has 3 rings (SSSR count). The number of rotatable bonds is 2. The first-order valence-electron chi connectivity index (χ1n) is 6.30. The van der Waals surface area contributed by atoms with Gasteiger partial charge in [0.1, 0.15) is 0 Å². The largest absolute Gasteiger partial charge is 0.378 e. The summed E-state index contributed by atoms with van der Waals surface area (Å²) in [6.45, 7) is 3.11. The third-order valence-electron chi connectivity index (χ3n) is 3.46. The Labute approximate surface area is 116 Å². The van der Waals surface area contributed by atoms with E-state index < -0.39 is 0 Å². The van der Waals surface area contributed by atoms with Gasteiger partial charge in [-0.05, 0) is 6.07 Å². The van der Waals surface area contributed by atoms with E-state index in [2.05, 4.69) is 4.90 Å². The topological polar surface area (TPSA) is 29.5 Å². The van der Waals surface area contributed by atoms with Crippen molar-refractivity contribution in [1.29, 1.82) is 0 Å². The summed E-state index contributed by atoms with van der Waals surface area (Å²) >= 11 is 6.28. The van der Waals surface area contributed by atoms with Gasteiger partial charge < -0.3 is 9.64 Å². The minimum Gasteiger partial charge on any atom is -0.378 e. The smallest absolute Gasteiger partial charge is 0.151 e. The lowest BCUT2D eigenvalue weighted by molar-refractivity contribution is 0.112. The summed E-state index contributed by atoms with van der Waals surface area (Å²) < 4.78 is 5.38. The van der Waals surface area contributed by atoms with Crippen LogP contribution >= 0.6 is 11.6 Å². The maximum absolute atomic E-state index is 11.2. The van der Waals surface area contributed by atoms with Gasteiger partial charge in [-0.2, -0.15) is 0 Å². The van der Waals surface area contributed by atoms with E-state index in [1.807, 2.05) is 30.3 Å². The monoisotopic (exact) mass is 275 g/mol. The number of fused-ring (bicyclic) bond motifs is 1. The number of halogens is 1. The van der Waals surface area contributed by atoms with Gasteiger partial charge in [0.2, 0.25) is 0 Å². The second kappa shape index (κ2) is 5.19. The third kappa shape index (κ3) is 2.20. The Bertz CT molecular complexity index is 621. The van der Waals surface area contributed by atoms with Crippen LogP contribution < -0.4 is 4.90 Å². The molecule has 0 aromatic heterocycles. The van der Waals surface area contributed by atoms with E-state index in [0.29, 0.717) is 23.8 Å². The molecule has 0 aliphatic carbocycles. The van der Waals surface area contributed by atoms with Gasteiger partial charge in [0.25, 0.3) is 0 Å². The van der Waals surface area contributed by atoms with Crippen molar-refractivity contribution in [2.24, 2.45) is 0 Å². The molecule has 98 valence electrons. The van der Waals surface area contributed by atoms with Gasteiger partial charge in [-0.1, -0.05) is 35.9 Å². The van der Waals surface area contributed by atoms with Gasteiger partial charge in [-0.25, -0.2) is 0 Å². The Morgan fingerprint density at radius 1 is 1.16 bits per heavy atom. The van der Waals surface area contributed by atoms with E-state index in [-0.39, 0.29) is 0 Å². The Hall–Kier alpha value is -1.58. The second-order valence-corrected chi connectivity index (χ2v) is 4.94. The molecule has 0 N–H and O–H groups in total. The van der Waals surface area contributed by atoms with Gasteiger partial charge in [-0.15, -0.1) is 0 Å². The Morgan fingerprint density at radius 2 is 1.84 bits per heavy atom. The van der Waals surface area contributed by atoms with Crippen molar-refractivity contribution in [3.63, 3.8) is 0 Å². The van der Waals surface area contributed by atoms with E-state index in [1.54, 1.807) is 0 Å². The van der Waals surface area contributed by atoms with Crippen LogP contribution in [0.1, 0.15) is 10.4 Å². The molecular weight excluding hydrogens is 262 g/mol. The number of benzene rings is 2. The summed E-state index contributed by atoms with van der Waals surface area (Å²) in [5.74, 6) is 0. The van der Waals surface area contributed by atoms with Gasteiger partial charge in [0.15, 0.2) is 6.29 Å². The minimum atomic E-state index is 0.530. The fourth-order valence-electron chi connectivity index (χ4n) is 2.49. The number of ether oxygens (including phenoxy) is 1. The number of morpholine rings is 1. The lowest BCUT2D eigenvalue weighted by Gasteiger charge is -2.30. The number of nitrogens with zero attached hydrogens (tertiary/aromatic N) is 1. The van der Waals surface area contributed by atoms with E-state index in [1.165, 1.54) is 0 Å². The molecule has 0 unspecified atom stereocenters. The number of carbonyl (C=O) groups excluding carboxylic acids is 1. The number of carbonyl (C=O) groups is 1. The van der Waals surface area contributed by atoms with Gasteiger partial charge in [-0.3, -0.25) is 4.79 Å². The van der Waals surface area contributed by atoms with Crippen LogP contribution in [0, 0.1) is 0 Å². The highest BCUT2D eigenvalue weighted by Gasteiger charge is 2.17. The molecular formula is C15H14ClNO2. The summed E-state index contributed by atoms with van der Waals surface area (Å²) in [5.41, 5.74) is 1.60. The molecule has 1 heterocycles. The molecule has 4 heteroatoms. The summed E-state index contributed by atoms with van der Waals surface area (Å²) in [6, 6.07) is 9.80. The third-order valence-corrected chi connectivity index (χ3v) is 3.89. The molecule has 2 aromatic carbocycles. The Morgan fingerprint density at radius 3 is 2.53 bits per heavy atom. The lowest BCUT2D eigenvalue weighted by atomic mass is 10.0. The predicted octanol–water partition coefficient (Wildman–Crippen LogP) is 3.14. The molecule has 1 saturated heterocycles. The maximum atomic E-state index is 11.2. The van der Waals surface area contributed by atoms with Crippen molar-refractivity contribution in [2.45, 2.75) is 0 Å². The first kappa shape index (κ1) is 12.5. The van der Waals surface area contributed by atoms with Crippen molar-refractivity contribution in [3.8, 4) is 0 Å². The molecule has 0 spiro atoms. The average Bonchev–Trinajstić information content (AvgIpc) is 2.49. The van der Waals surface area contributed by atoms with Crippen LogP contribution in [0.2, 0.25) is 5.02 Å². The number of hydrogen-bond acceptors (Lipinski definition) is 3. The molecule has 2 aromatic rings. The molecule has 19 heavy (non-hydrogen) atoms. The number of anilines is 1. The van der Waals surface area contributed by atoms with Crippen LogP contribution in [-0.4, -0.2) is 32.6 Å². The highest BCUT2D eigenvalue weighted by molar-refractivity contribution is 6.38. The highest BCUT2D eigenvalue weighted by atomic mass is 35.5. The van der Waals surface area contributed by atoms with E-state index in [4.69, 9.17) is 16.3 Å². The minimum absolute atomic E-state index is 0.530. The summed E-state index contributed by atoms with van der Waals surface area (Å²) in [7, 11) is 0. The van der Waals surface area contributed by atoms with Crippen LogP contribution in [-0.2, 0) is 4.74 Å². The molecule has 0 atom stereocenters. The first-order valence-corrected chi connectivity index (χ1v) is 6.68. The zero-order chi connectivity index (χ0) is 13.2. The van der Waals surface area contributed by atoms with Crippen molar-refractivity contribution in [1.82, 2.24) is 0 Å². The number of aldehydes is 1. The van der Waals surface area contributed by atoms with Crippen molar-refractivity contribution in [3.05, 3.63) is 40.9 Å². The molecule has 0 amide bonds. The Kier molecular flexibility index (Phi) is 3.40. The molecule has 1 aliphatic rings. The van der Waals surface area contributed by atoms with Crippen molar-refractivity contribution < 1.29 is 9.53 Å². The first-order chi connectivity index (χ1) is 9.31. The highest BCUT2D eigenvalue weighted by Crippen LogP contribution is 2.34. The summed E-state index contributed by atoms with van der Waals surface area (Å²) in [5, 5.41) is 2.54. The summed E-state index contributed by atoms with van der Waals surface area (Å²) in [6.07, 6.45) is 0.818. The SMILES string of the molecule is O=Cc1cc(N2CCOCC2)c2ccccc2c1Cl. The maximum Gasteiger partial charge on any atom is 0.151 e.